The lowest BCUT2D eigenvalue weighted by Crippen LogP contribution is -2.63. The Kier molecular flexibility index (Phi) is 5.15. The van der Waals surface area contributed by atoms with E-state index in [1.54, 1.807) is 4.90 Å². The molecule has 2 saturated heterocycles. The number of ether oxygens (including phenoxy) is 1. The molecule has 2 aliphatic rings. The van der Waals surface area contributed by atoms with Crippen molar-refractivity contribution in [3.8, 4) is 0 Å². The van der Waals surface area contributed by atoms with Gasteiger partial charge in [-0.3, -0.25) is 0 Å². The molecule has 5 heteroatoms. The van der Waals surface area contributed by atoms with Crippen LogP contribution < -0.4 is 5.32 Å². The van der Waals surface area contributed by atoms with E-state index in [2.05, 4.69) is 24.2 Å². The highest BCUT2D eigenvalue weighted by atomic mass is 16.6. The fourth-order valence-electron chi connectivity index (χ4n) is 3.18. The van der Waals surface area contributed by atoms with Crippen LogP contribution in [0.25, 0.3) is 0 Å². The molecule has 2 unspecified atom stereocenters. The van der Waals surface area contributed by atoms with E-state index in [0.29, 0.717) is 12.1 Å². The van der Waals surface area contributed by atoms with E-state index >= 15 is 0 Å². The van der Waals surface area contributed by atoms with Gasteiger partial charge in [-0.25, -0.2) is 4.79 Å². The van der Waals surface area contributed by atoms with Crippen LogP contribution in [0, 0.1) is 5.92 Å². The molecule has 2 fully saturated rings. The molecule has 0 aromatic carbocycles. The second kappa shape index (κ2) is 6.53. The quantitative estimate of drug-likeness (QED) is 0.864. The van der Waals surface area contributed by atoms with E-state index in [-0.39, 0.29) is 6.09 Å². The number of amides is 1. The normalized spacial score (nSPS) is 26.3. The fourth-order valence-corrected chi connectivity index (χ4v) is 3.18. The number of piperidine rings is 1. The molecular weight excluding hydrogens is 266 g/mol. The molecule has 0 radical (unpaired) electrons. The molecule has 0 saturated carbocycles. The van der Waals surface area contributed by atoms with Crippen LogP contribution >= 0.6 is 0 Å². The molecule has 0 aliphatic carbocycles. The monoisotopic (exact) mass is 297 g/mol. The summed E-state index contributed by atoms with van der Waals surface area (Å²) in [5.74, 6) is 0.722. The molecule has 0 bridgehead atoms. The van der Waals surface area contributed by atoms with Gasteiger partial charge >= 0.3 is 6.09 Å². The first kappa shape index (κ1) is 16.6. The zero-order valence-corrected chi connectivity index (χ0v) is 14.2. The highest BCUT2D eigenvalue weighted by Crippen LogP contribution is 2.21. The lowest BCUT2D eigenvalue weighted by Gasteiger charge is -2.43. The van der Waals surface area contributed by atoms with Gasteiger partial charge in [-0.1, -0.05) is 0 Å². The maximum Gasteiger partial charge on any atom is 0.410 e. The van der Waals surface area contributed by atoms with Crippen molar-refractivity contribution in [1.82, 2.24) is 15.1 Å². The molecule has 0 aromatic heterocycles. The number of hydrogen-bond acceptors (Lipinski definition) is 4. The maximum atomic E-state index is 11.9. The predicted molar refractivity (Wildman–Crippen MR) is 84.4 cm³/mol. The van der Waals surface area contributed by atoms with Gasteiger partial charge in [0.15, 0.2) is 0 Å². The second-order valence-electron chi connectivity index (χ2n) is 7.70. The van der Waals surface area contributed by atoms with E-state index < -0.39 is 5.60 Å². The van der Waals surface area contributed by atoms with Gasteiger partial charge in [0.2, 0.25) is 0 Å². The van der Waals surface area contributed by atoms with Crippen molar-refractivity contribution in [2.24, 2.45) is 5.92 Å². The number of rotatable bonds is 3. The Morgan fingerprint density at radius 2 is 1.95 bits per heavy atom. The van der Waals surface area contributed by atoms with Crippen LogP contribution in [0.4, 0.5) is 4.79 Å². The third kappa shape index (κ3) is 4.85. The summed E-state index contributed by atoms with van der Waals surface area (Å²) in [7, 11) is 2.20. The fraction of sp³-hybridized carbons (Fsp3) is 0.938. The number of likely N-dealkylation sites (tertiary alicyclic amines) is 2. The Labute approximate surface area is 129 Å². The minimum Gasteiger partial charge on any atom is -0.444 e. The van der Waals surface area contributed by atoms with E-state index in [1.165, 1.54) is 25.9 Å². The molecule has 2 rings (SSSR count). The first-order chi connectivity index (χ1) is 9.74. The zero-order valence-electron chi connectivity index (χ0n) is 14.2. The molecule has 5 nitrogen and oxygen atoms in total. The highest BCUT2D eigenvalue weighted by molar-refractivity contribution is 5.69. The van der Waals surface area contributed by atoms with Crippen LogP contribution in [-0.4, -0.2) is 66.8 Å². The average Bonchev–Trinajstić information content (AvgIpc) is 2.30. The number of nitrogens with zero attached hydrogens (tertiary/aromatic N) is 2. The van der Waals surface area contributed by atoms with Gasteiger partial charge in [-0.2, -0.15) is 0 Å². The van der Waals surface area contributed by atoms with E-state index in [4.69, 9.17) is 4.74 Å². The van der Waals surface area contributed by atoms with Crippen molar-refractivity contribution in [2.45, 2.75) is 58.2 Å². The Morgan fingerprint density at radius 3 is 2.52 bits per heavy atom. The molecule has 0 aromatic rings. The molecule has 1 amide bonds. The van der Waals surface area contributed by atoms with Crippen LogP contribution in [-0.2, 0) is 4.74 Å². The predicted octanol–water partition coefficient (Wildman–Crippen LogP) is 1.93. The summed E-state index contributed by atoms with van der Waals surface area (Å²) in [4.78, 5) is 16.1. The highest BCUT2D eigenvalue weighted by Gasteiger charge is 2.35. The van der Waals surface area contributed by atoms with Crippen molar-refractivity contribution in [1.29, 1.82) is 0 Å². The molecule has 2 aliphatic heterocycles. The Morgan fingerprint density at radius 1 is 1.29 bits per heavy atom. The number of hydrogen-bond donors (Lipinski definition) is 1. The third-order valence-electron chi connectivity index (χ3n) is 4.40. The maximum absolute atomic E-state index is 11.9. The van der Waals surface area contributed by atoms with Crippen molar-refractivity contribution >= 4 is 6.09 Å². The largest absolute Gasteiger partial charge is 0.444 e. The molecule has 2 heterocycles. The summed E-state index contributed by atoms with van der Waals surface area (Å²) >= 11 is 0. The van der Waals surface area contributed by atoms with Crippen LogP contribution in [0.15, 0.2) is 0 Å². The molecule has 0 spiro atoms. The Hall–Kier alpha value is -0.810. The van der Waals surface area contributed by atoms with Gasteiger partial charge in [0.1, 0.15) is 5.60 Å². The van der Waals surface area contributed by atoms with Gasteiger partial charge in [-0.15, -0.1) is 0 Å². The molecule has 1 N–H and O–H groups in total. The lowest BCUT2D eigenvalue weighted by molar-refractivity contribution is 0.00297. The summed E-state index contributed by atoms with van der Waals surface area (Å²) < 4.78 is 5.38. The standard InChI is InChI=1S/C16H31N3O2/c1-12(13-7-6-8-18(5)9-13)17-14-10-19(11-14)15(20)21-16(2,3)4/h12-14,17H,6-11H2,1-5H3. The van der Waals surface area contributed by atoms with E-state index in [0.717, 1.165) is 19.0 Å². The molecule has 2 atom stereocenters. The average molecular weight is 297 g/mol. The van der Waals surface area contributed by atoms with E-state index in [9.17, 15) is 4.79 Å². The van der Waals surface area contributed by atoms with Gasteiger partial charge in [0.25, 0.3) is 0 Å². The molecule has 21 heavy (non-hydrogen) atoms. The van der Waals surface area contributed by atoms with Gasteiger partial charge < -0.3 is 19.9 Å². The molecular formula is C16H31N3O2. The topological polar surface area (TPSA) is 44.8 Å². The number of carbonyl (C=O) groups is 1. The summed E-state index contributed by atoms with van der Waals surface area (Å²) in [5.41, 5.74) is -0.407. The first-order valence-corrected chi connectivity index (χ1v) is 8.17. The van der Waals surface area contributed by atoms with Crippen molar-refractivity contribution < 1.29 is 9.53 Å². The first-order valence-electron chi connectivity index (χ1n) is 8.17. The van der Waals surface area contributed by atoms with Gasteiger partial charge in [0, 0.05) is 31.7 Å². The third-order valence-corrected chi connectivity index (χ3v) is 4.40. The zero-order chi connectivity index (χ0) is 15.6. The van der Waals surface area contributed by atoms with Crippen LogP contribution in [0.1, 0.15) is 40.5 Å². The lowest BCUT2D eigenvalue weighted by atomic mass is 9.91. The van der Waals surface area contributed by atoms with Crippen molar-refractivity contribution in [3.63, 3.8) is 0 Å². The van der Waals surface area contributed by atoms with Gasteiger partial charge in [-0.05, 0) is 60.0 Å². The SMILES string of the molecule is CC(NC1CN(C(=O)OC(C)(C)C)C1)C1CCCN(C)C1. The van der Waals surface area contributed by atoms with E-state index in [1.807, 2.05) is 20.8 Å². The minimum absolute atomic E-state index is 0.189. The molecule has 122 valence electrons. The summed E-state index contributed by atoms with van der Waals surface area (Å²) in [6.07, 6.45) is 2.41. The smallest absolute Gasteiger partial charge is 0.410 e. The number of nitrogens with one attached hydrogen (secondary N) is 1. The van der Waals surface area contributed by atoms with Crippen LogP contribution in [0.3, 0.4) is 0 Å². The minimum atomic E-state index is -0.407. The summed E-state index contributed by atoms with van der Waals surface area (Å²) in [6, 6.07) is 0.929. The Bertz CT molecular complexity index is 361. The second-order valence-corrected chi connectivity index (χ2v) is 7.70. The van der Waals surface area contributed by atoms with Crippen LogP contribution in [0.2, 0.25) is 0 Å². The van der Waals surface area contributed by atoms with Gasteiger partial charge in [0.05, 0.1) is 0 Å². The number of carbonyl (C=O) groups excluding carboxylic acids is 1. The van der Waals surface area contributed by atoms with Crippen molar-refractivity contribution in [3.05, 3.63) is 0 Å². The van der Waals surface area contributed by atoms with Crippen molar-refractivity contribution in [2.75, 3.05) is 33.2 Å². The summed E-state index contributed by atoms with van der Waals surface area (Å²) in [5, 5.41) is 3.68. The van der Waals surface area contributed by atoms with Crippen LogP contribution in [0.5, 0.6) is 0 Å². The summed E-state index contributed by atoms with van der Waals surface area (Å²) in [6.45, 7) is 11.9. The Balaban J connectivity index is 1.69.